The van der Waals surface area contributed by atoms with Crippen LogP contribution in [0.2, 0.25) is 0 Å². The predicted octanol–water partition coefficient (Wildman–Crippen LogP) is 6.19. The highest BCUT2D eigenvalue weighted by atomic mass is 19.1. The summed E-state index contributed by atoms with van der Waals surface area (Å²) < 4.78 is 43.4. The normalized spacial score (nSPS) is 16.4. The molecule has 1 aliphatic rings. The average molecular weight is 539 g/mol. The summed E-state index contributed by atoms with van der Waals surface area (Å²) in [6, 6.07) is 15.8. The maximum Gasteiger partial charge on any atom is 0.410 e. The van der Waals surface area contributed by atoms with Gasteiger partial charge in [0.2, 0.25) is 0 Å². The van der Waals surface area contributed by atoms with Gasteiger partial charge in [0.05, 0.1) is 20.3 Å². The number of amides is 1. The second kappa shape index (κ2) is 12.3. The molecule has 0 saturated carbocycles. The van der Waals surface area contributed by atoms with Crippen LogP contribution in [-0.4, -0.2) is 61.1 Å². The Morgan fingerprint density at radius 2 is 1.90 bits per heavy atom. The molecule has 2 unspecified atom stereocenters. The lowest BCUT2D eigenvalue weighted by Gasteiger charge is -2.34. The molecule has 0 spiro atoms. The van der Waals surface area contributed by atoms with Crippen LogP contribution in [0.1, 0.15) is 44.7 Å². The monoisotopic (exact) mass is 538 g/mol. The van der Waals surface area contributed by atoms with Gasteiger partial charge in [-0.25, -0.2) is 14.2 Å². The first-order valence-corrected chi connectivity index (χ1v) is 12.9. The molecule has 3 aromatic rings. The SMILES string of the molecule is COc1ccc(C(C)c2ccc(Oc3ncccc3OCC3CN(C(=O)OC(C)(C)C)CCO3)cc2F)cc1. The first-order valence-electron chi connectivity index (χ1n) is 12.9. The average Bonchev–Trinajstić information content (AvgIpc) is 2.91. The summed E-state index contributed by atoms with van der Waals surface area (Å²) in [6.07, 6.45) is 0.837. The number of carbonyl (C=O) groups is 1. The lowest BCUT2D eigenvalue weighted by molar-refractivity contribution is -0.0559. The number of ether oxygens (including phenoxy) is 5. The fourth-order valence-corrected chi connectivity index (χ4v) is 4.16. The molecule has 208 valence electrons. The molecule has 2 heterocycles. The molecule has 9 heteroatoms. The van der Waals surface area contributed by atoms with Crippen LogP contribution in [0.3, 0.4) is 0 Å². The molecule has 1 fully saturated rings. The van der Waals surface area contributed by atoms with Crippen molar-refractivity contribution in [2.75, 3.05) is 33.4 Å². The van der Waals surface area contributed by atoms with Gasteiger partial charge < -0.3 is 28.6 Å². The van der Waals surface area contributed by atoms with Crippen molar-refractivity contribution in [3.05, 3.63) is 77.7 Å². The summed E-state index contributed by atoms with van der Waals surface area (Å²) in [5.74, 6) is 1.09. The van der Waals surface area contributed by atoms with Gasteiger partial charge >= 0.3 is 6.09 Å². The minimum Gasteiger partial charge on any atom is -0.497 e. The summed E-state index contributed by atoms with van der Waals surface area (Å²) in [7, 11) is 1.61. The van der Waals surface area contributed by atoms with Crippen molar-refractivity contribution in [3.63, 3.8) is 0 Å². The van der Waals surface area contributed by atoms with Gasteiger partial charge in [-0.15, -0.1) is 0 Å². The maximum atomic E-state index is 15.1. The summed E-state index contributed by atoms with van der Waals surface area (Å²) in [4.78, 5) is 18.3. The molecule has 0 bridgehead atoms. The Bertz CT molecular complexity index is 1260. The van der Waals surface area contributed by atoms with Crippen LogP contribution in [0.4, 0.5) is 9.18 Å². The summed E-state index contributed by atoms with van der Waals surface area (Å²) in [5.41, 5.74) is 0.947. The number of hydrogen-bond acceptors (Lipinski definition) is 7. The van der Waals surface area contributed by atoms with E-state index in [4.69, 9.17) is 23.7 Å². The fraction of sp³-hybridized carbons (Fsp3) is 0.400. The van der Waals surface area contributed by atoms with E-state index in [1.165, 1.54) is 6.07 Å². The van der Waals surface area contributed by atoms with Gasteiger partial charge in [-0.2, -0.15) is 0 Å². The lowest BCUT2D eigenvalue weighted by atomic mass is 9.92. The standard InChI is InChI=1S/C30H35FN2O6/c1-20(21-8-10-22(35-5)11-9-21)25-13-12-23(17-26(25)31)38-28-27(7-6-14-32-28)37-19-24-18-33(15-16-36-24)29(34)39-30(2,3)4/h6-14,17,20,24H,15-16,18-19H2,1-5H3. The van der Waals surface area contributed by atoms with Crippen LogP contribution in [-0.2, 0) is 9.47 Å². The van der Waals surface area contributed by atoms with Crippen LogP contribution in [0, 0.1) is 5.82 Å². The molecule has 0 aliphatic carbocycles. The maximum absolute atomic E-state index is 15.1. The van der Waals surface area contributed by atoms with Gasteiger partial charge in [-0.05, 0) is 62.2 Å². The molecule has 1 amide bonds. The molecule has 0 radical (unpaired) electrons. The van der Waals surface area contributed by atoms with E-state index in [0.717, 1.165) is 11.3 Å². The molecule has 4 rings (SSSR count). The third-order valence-electron chi connectivity index (χ3n) is 6.22. The summed E-state index contributed by atoms with van der Waals surface area (Å²) >= 11 is 0. The van der Waals surface area contributed by atoms with Crippen LogP contribution in [0.25, 0.3) is 0 Å². The zero-order valence-corrected chi connectivity index (χ0v) is 23.0. The zero-order valence-electron chi connectivity index (χ0n) is 23.0. The van der Waals surface area contributed by atoms with Gasteiger partial charge in [-0.1, -0.05) is 25.1 Å². The number of aromatic nitrogens is 1. The highest BCUT2D eigenvalue weighted by Gasteiger charge is 2.29. The van der Waals surface area contributed by atoms with Gasteiger partial charge in [0, 0.05) is 24.7 Å². The third kappa shape index (κ3) is 7.60. The molecule has 2 atom stereocenters. The van der Waals surface area contributed by atoms with Gasteiger partial charge in [0.25, 0.3) is 5.88 Å². The van der Waals surface area contributed by atoms with Crippen LogP contribution in [0.5, 0.6) is 23.1 Å². The largest absolute Gasteiger partial charge is 0.497 e. The highest BCUT2D eigenvalue weighted by molar-refractivity contribution is 5.68. The second-order valence-corrected chi connectivity index (χ2v) is 10.3. The molecule has 39 heavy (non-hydrogen) atoms. The molecule has 1 saturated heterocycles. The van der Waals surface area contributed by atoms with E-state index in [0.29, 0.717) is 36.8 Å². The van der Waals surface area contributed by atoms with Crippen LogP contribution >= 0.6 is 0 Å². The van der Waals surface area contributed by atoms with E-state index >= 15 is 4.39 Å². The zero-order chi connectivity index (χ0) is 28.0. The number of hydrogen-bond donors (Lipinski definition) is 0. The third-order valence-corrected chi connectivity index (χ3v) is 6.22. The van der Waals surface area contributed by atoms with Crippen molar-refractivity contribution < 1.29 is 32.9 Å². The van der Waals surface area contributed by atoms with Gasteiger partial charge in [-0.3, -0.25) is 0 Å². The molecule has 2 aromatic carbocycles. The molecule has 0 N–H and O–H groups in total. The second-order valence-electron chi connectivity index (χ2n) is 10.3. The molecular weight excluding hydrogens is 503 g/mol. The first kappa shape index (κ1) is 28.2. The van der Waals surface area contributed by atoms with E-state index in [2.05, 4.69) is 4.98 Å². The molecule has 1 aromatic heterocycles. The number of benzene rings is 2. The molecule has 1 aliphatic heterocycles. The summed E-state index contributed by atoms with van der Waals surface area (Å²) in [6.45, 7) is 8.78. The topological polar surface area (TPSA) is 79.4 Å². The Morgan fingerprint density at radius 1 is 1.15 bits per heavy atom. The van der Waals surface area contributed by atoms with Gasteiger partial charge in [0.1, 0.15) is 35.6 Å². The predicted molar refractivity (Wildman–Crippen MR) is 144 cm³/mol. The lowest BCUT2D eigenvalue weighted by Crippen LogP contribution is -2.49. The number of morpholine rings is 1. The van der Waals surface area contributed by atoms with Crippen molar-refractivity contribution in [2.45, 2.75) is 45.3 Å². The van der Waals surface area contributed by atoms with Crippen molar-refractivity contribution in [1.82, 2.24) is 9.88 Å². The van der Waals surface area contributed by atoms with E-state index in [-0.39, 0.29) is 36.4 Å². The van der Waals surface area contributed by atoms with Crippen molar-refractivity contribution >= 4 is 6.09 Å². The van der Waals surface area contributed by atoms with Crippen LogP contribution < -0.4 is 14.2 Å². The highest BCUT2D eigenvalue weighted by Crippen LogP contribution is 2.33. The van der Waals surface area contributed by atoms with E-state index in [1.54, 1.807) is 42.5 Å². The van der Waals surface area contributed by atoms with E-state index in [9.17, 15) is 4.79 Å². The smallest absolute Gasteiger partial charge is 0.410 e. The van der Waals surface area contributed by atoms with E-state index < -0.39 is 5.60 Å². The number of rotatable bonds is 8. The minimum atomic E-state index is -0.575. The Hall–Kier alpha value is -3.85. The molecular formula is C30H35FN2O6. The van der Waals surface area contributed by atoms with Gasteiger partial charge in [0.15, 0.2) is 5.75 Å². The van der Waals surface area contributed by atoms with E-state index in [1.807, 2.05) is 52.0 Å². The van der Waals surface area contributed by atoms with Crippen LogP contribution in [0.15, 0.2) is 60.8 Å². The number of pyridine rings is 1. The Balaban J connectivity index is 1.39. The Kier molecular flexibility index (Phi) is 8.91. The Labute approximate surface area is 228 Å². The van der Waals surface area contributed by atoms with Crippen molar-refractivity contribution in [2.24, 2.45) is 0 Å². The quantitative estimate of drug-likeness (QED) is 0.338. The molecule has 8 nitrogen and oxygen atoms in total. The number of halogens is 1. The van der Waals surface area contributed by atoms with Crippen molar-refractivity contribution in [1.29, 1.82) is 0 Å². The minimum absolute atomic E-state index is 0.158. The number of nitrogens with zero attached hydrogens (tertiary/aromatic N) is 2. The van der Waals surface area contributed by atoms with Crippen molar-refractivity contribution in [3.8, 4) is 23.1 Å². The number of methoxy groups -OCH3 is 1. The number of carbonyl (C=O) groups excluding carboxylic acids is 1. The Morgan fingerprint density at radius 3 is 2.59 bits per heavy atom. The summed E-state index contributed by atoms with van der Waals surface area (Å²) in [5, 5.41) is 0. The fourth-order valence-electron chi connectivity index (χ4n) is 4.16. The first-order chi connectivity index (χ1) is 18.6.